The van der Waals surface area contributed by atoms with Gasteiger partial charge in [0.15, 0.2) is 0 Å². The number of aryl methyl sites for hydroxylation is 1. The minimum Gasteiger partial charge on any atom is -0.350 e. The summed E-state index contributed by atoms with van der Waals surface area (Å²) < 4.78 is 13.8. The van der Waals surface area contributed by atoms with Gasteiger partial charge in [-0.1, -0.05) is 29.8 Å². The van der Waals surface area contributed by atoms with Crippen LogP contribution >= 0.6 is 0 Å². The van der Waals surface area contributed by atoms with Gasteiger partial charge in [-0.15, -0.1) is 0 Å². The van der Waals surface area contributed by atoms with Gasteiger partial charge in [0.1, 0.15) is 5.82 Å². The summed E-state index contributed by atoms with van der Waals surface area (Å²) in [4.78, 5) is 25.1. The average Bonchev–Trinajstić information content (AvgIpc) is 2.52. The normalized spacial score (nSPS) is 10.2. The summed E-state index contributed by atoms with van der Waals surface area (Å²) in [5, 5.41) is 2.75. The Kier molecular flexibility index (Phi) is 5.46. The molecule has 0 saturated carbocycles. The SMILES string of the molecule is CC(=O)N(CCNC(=O)c1cccc(C)c1)c1ccccc1F. The van der Waals surface area contributed by atoms with Gasteiger partial charge in [-0.2, -0.15) is 0 Å². The van der Waals surface area contributed by atoms with E-state index in [2.05, 4.69) is 5.32 Å². The smallest absolute Gasteiger partial charge is 0.251 e. The van der Waals surface area contributed by atoms with Crippen molar-refractivity contribution in [2.45, 2.75) is 13.8 Å². The van der Waals surface area contributed by atoms with Crippen molar-refractivity contribution in [3.8, 4) is 0 Å². The lowest BCUT2D eigenvalue weighted by Crippen LogP contribution is -2.38. The summed E-state index contributed by atoms with van der Waals surface area (Å²) in [6, 6.07) is 13.3. The van der Waals surface area contributed by atoms with Gasteiger partial charge in [0, 0.05) is 25.6 Å². The van der Waals surface area contributed by atoms with Gasteiger partial charge in [0.25, 0.3) is 5.91 Å². The van der Waals surface area contributed by atoms with Crippen molar-refractivity contribution in [3.63, 3.8) is 0 Å². The van der Waals surface area contributed by atoms with Crippen molar-refractivity contribution >= 4 is 17.5 Å². The molecule has 0 radical (unpaired) electrons. The zero-order valence-electron chi connectivity index (χ0n) is 13.2. The first-order chi connectivity index (χ1) is 11.0. The van der Waals surface area contributed by atoms with Gasteiger partial charge < -0.3 is 10.2 Å². The quantitative estimate of drug-likeness (QED) is 0.922. The number of nitrogens with zero attached hydrogens (tertiary/aromatic N) is 1. The largest absolute Gasteiger partial charge is 0.350 e. The maximum atomic E-state index is 13.8. The fourth-order valence-electron chi connectivity index (χ4n) is 2.29. The maximum Gasteiger partial charge on any atom is 0.251 e. The topological polar surface area (TPSA) is 49.4 Å². The van der Waals surface area contributed by atoms with E-state index < -0.39 is 5.82 Å². The van der Waals surface area contributed by atoms with E-state index in [4.69, 9.17) is 0 Å². The second-order valence-electron chi connectivity index (χ2n) is 5.25. The summed E-state index contributed by atoms with van der Waals surface area (Å²) in [6.45, 7) is 3.72. The maximum absolute atomic E-state index is 13.8. The van der Waals surface area contributed by atoms with Crippen LogP contribution < -0.4 is 10.2 Å². The summed E-state index contributed by atoms with van der Waals surface area (Å²) in [6.07, 6.45) is 0. The minimum atomic E-state index is -0.465. The number of halogens is 1. The van der Waals surface area contributed by atoms with Crippen molar-refractivity contribution < 1.29 is 14.0 Å². The second-order valence-corrected chi connectivity index (χ2v) is 5.25. The van der Waals surface area contributed by atoms with E-state index in [1.165, 1.54) is 17.9 Å². The first kappa shape index (κ1) is 16.7. The summed E-state index contributed by atoms with van der Waals surface area (Å²) in [7, 11) is 0. The lowest BCUT2D eigenvalue weighted by Gasteiger charge is -2.21. The van der Waals surface area contributed by atoms with Crippen molar-refractivity contribution in [2.24, 2.45) is 0 Å². The van der Waals surface area contributed by atoms with Gasteiger partial charge in [-0.05, 0) is 31.2 Å². The molecule has 120 valence electrons. The molecule has 1 N–H and O–H groups in total. The highest BCUT2D eigenvalue weighted by Gasteiger charge is 2.15. The number of amides is 2. The zero-order valence-corrected chi connectivity index (χ0v) is 13.2. The van der Waals surface area contributed by atoms with Crippen LogP contribution in [0.4, 0.5) is 10.1 Å². The predicted molar refractivity (Wildman–Crippen MR) is 87.9 cm³/mol. The fourth-order valence-corrected chi connectivity index (χ4v) is 2.29. The molecule has 2 aromatic carbocycles. The number of nitrogens with one attached hydrogen (secondary N) is 1. The highest BCUT2D eigenvalue weighted by molar-refractivity contribution is 5.95. The molecule has 0 heterocycles. The molecule has 2 rings (SSSR count). The third-order valence-electron chi connectivity index (χ3n) is 3.42. The van der Waals surface area contributed by atoms with E-state index >= 15 is 0 Å². The fraction of sp³-hybridized carbons (Fsp3) is 0.222. The average molecular weight is 314 g/mol. The molecule has 0 aromatic heterocycles. The van der Waals surface area contributed by atoms with Crippen LogP contribution in [-0.4, -0.2) is 24.9 Å². The van der Waals surface area contributed by atoms with Gasteiger partial charge in [0.2, 0.25) is 5.91 Å². The van der Waals surface area contributed by atoms with Crippen LogP contribution in [0.1, 0.15) is 22.8 Å². The first-order valence-electron chi connectivity index (χ1n) is 7.36. The number of hydrogen-bond acceptors (Lipinski definition) is 2. The molecule has 0 atom stereocenters. The molecule has 2 amide bonds. The lowest BCUT2D eigenvalue weighted by molar-refractivity contribution is -0.116. The summed E-state index contributed by atoms with van der Waals surface area (Å²) >= 11 is 0. The Hall–Kier alpha value is -2.69. The second kappa shape index (κ2) is 7.54. The van der Waals surface area contributed by atoms with Crippen LogP contribution in [0.2, 0.25) is 0 Å². The van der Waals surface area contributed by atoms with Crippen LogP contribution in [0.25, 0.3) is 0 Å². The van der Waals surface area contributed by atoms with Gasteiger partial charge >= 0.3 is 0 Å². The molecule has 0 aliphatic heterocycles. The Labute approximate surface area is 134 Å². The number of rotatable bonds is 5. The van der Waals surface area contributed by atoms with E-state index in [0.717, 1.165) is 5.56 Å². The number of benzene rings is 2. The molecule has 0 aliphatic rings. The van der Waals surface area contributed by atoms with Gasteiger partial charge in [-0.25, -0.2) is 4.39 Å². The number of anilines is 1. The third-order valence-corrected chi connectivity index (χ3v) is 3.42. The van der Waals surface area contributed by atoms with Crippen molar-refractivity contribution in [1.29, 1.82) is 0 Å². The van der Waals surface area contributed by atoms with Crippen LogP contribution in [0.5, 0.6) is 0 Å². The molecule has 4 nitrogen and oxygen atoms in total. The Morgan fingerprint density at radius 3 is 2.52 bits per heavy atom. The highest BCUT2D eigenvalue weighted by atomic mass is 19.1. The van der Waals surface area contributed by atoms with Gasteiger partial charge in [0.05, 0.1) is 5.69 Å². The van der Waals surface area contributed by atoms with E-state index in [1.54, 1.807) is 30.3 Å². The molecule has 23 heavy (non-hydrogen) atoms. The Morgan fingerprint density at radius 1 is 1.13 bits per heavy atom. The minimum absolute atomic E-state index is 0.202. The van der Waals surface area contributed by atoms with Gasteiger partial charge in [-0.3, -0.25) is 9.59 Å². The van der Waals surface area contributed by atoms with Crippen LogP contribution in [0, 0.1) is 12.7 Å². The number of carbonyl (C=O) groups excluding carboxylic acids is 2. The molecule has 0 fully saturated rings. The molecule has 0 spiro atoms. The van der Waals surface area contributed by atoms with E-state index in [-0.39, 0.29) is 30.6 Å². The Morgan fingerprint density at radius 2 is 1.87 bits per heavy atom. The molecule has 0 unspecified atom stereocenters. The predicted octanol–water partition coefficient (Wildman–Crippen LogP) is 2.92. The van der Waals surface area contributed by atoms with Crippen molar-refractivity contribution in [3.05, 3.63) is 65.5 Å². The standard InChI is InChI=1S/C18H19FN2O2/c1-13-6-5-7-15(12-13)18(23)20-10-11-21(14(2)22)17-9-4-3-8-16(17)19/h3-9,12H,10-11H2,1-2H3,(H,20,23). The molecular weight excluding hydrogens is 295 g/mol. The molecule has 0 saturated heterocycles. The number of para-hydroxylation sites is 1. The van der Waals surface area contributed by atoms with Crippen LogP contribution in [0.15, 0.2) is 48.5 Å². The monoisotopic (exact) mass is 314 g/mol. The molecule has 2 aromatic rings. The highest BCUT2D eigenvalue weighted by Crippen LogP contribution is 2.18. The zero-order chi connectivity index (χ0) is 16.8. The Bertz CT molecular complexity index is 716. The Balaban J connectivity index is 1.99. The van der Waals surface area contributed by atoms with E-state index in [0.29, 0.717) is 5.56 Å². The van der Waals surface area contributed by atoms with Crippen LogP contribution in [-0.2, 0) is 4.79 Å². The molecule has 5 heteroatoms. The molecule has 0 bridgehead atoms. The van der Waals surface area contributed by atoms with Crippen LogP contribution in [0.3, 0.4) is 0 Å². The third kappa shape index (κ3) is 4.39. The molecule has 0 aliphatic carbocycles. The summed E-state index contributed by atoms with van der Waals surface area (Å²) in [5.74, 6) is -0.960. The number of hydrogen-bond donors (Lipinski definition) is 1. The van der Waals surface area contributed by atoms with Crippen molar-refractivity contribution in [2.75, 3.05) is 18.0 Å². The van der Waals surface area contributed by atoms with E-state index in [9.17, 15) is 14.0 Å². The summed E-state index contributed by atoms with van der Waals surface area (Å²) in [5.41, 5.74) is 1.77. The lowest BCUT2D eigenvalue weighted by atomic mass is 10.1. The van der Waals surface area contributed by atoms with Crippen molar-refractivity contribution in [1.82, 2.24) is 5.32 Å². The van der Waals surface area contributed by atoms with E-state index in [1.807, 2.05) is 19.1 Å². The number of carbonyl (C=O) groups is 2. The first-order valence-corrected chi connectivity index (χ1v) is 7.36. The molecular formula is C18H19FN2O2.